The maximum atomic E-state index is 12.6. The van der Waals surface area contributed by atoms with Crippen molar-refractivity contribution in [2.45, 2.75) is 44.5 Å². The monoisotopic (exact) mass is 321 g/mol. The molecule has 1 heterocycles. The van der Waals surface area contributed by atoms with Crippen molar-refractivity contribution >= 4 is 11.5 Å². The van der Waals surface area contributed by atoms with Crippen molar-refractivity contribution in [3.63, 3.8) is 0 Å². The summed E-state index contributed by atoms with van der Waals surface area (Å²) in [5, 5.41) is 20.4. The van der Waals surface area contributed by atoms with E-state index in [2.05, 4.69) is 22.8 Å². The van der Waals surface area contributed by atoms with Gasteiger partial charge in [0.15, 0.2) is 11.9 Å². The number of carbonyl (C=O) groups is 1. The van der Waals surface area contributed by atoms with E-state index in [0.29, 0.717) is 0 Å². The number of hydrogen-bond acceptors (Lipinski definition) is 6. The topological polar surface area (TPSA) is 79.2 Å². The molecule has 0 radical (unpaired) electrons. The Bertz CT molecular complexity index is 617. The van der Waals surface area contributed by atoms with Crippen molar-refractivity contribution in [3.8, 4) is 0 Å². The minimum Gasteiger partial charge on any atom is -0.389 e. The summed E-state index contributed by atoms with van der Waals surface area (Å²) in [5.41, 5.74) is 4.07. The molecule has 4 unspecified atom stereocenters. The molecule has 0 aromatic heterocycles. The summed E-state index contributed by atoms with van der Waals surface area (Å²) < 4.78 is 0. The number of nitrogens with zero attached hydrogens (tertiary/aromatic N) is 1. The smallest absolute Gasteiger partial charge is 0.180 e. The number of likely N-dealkylation sites (N-methyl/N-ethyl adjacent to an activating group) is 1. The van der Waals surface area contributed by atoms with Gasteiger partial charge < -0.3 is 15.1 Å². The maximum absolute atomic E-state index is 12.6. The fourth-order valence-electron chi connectivity index (χ4n) is 3.73. The highest BCUT2D eigenvalue weighted by atomic mass is 17.2. The lowest BCUT2D eigenvalue weighted by atomic mass is 9.89. The summed E-state index contributed by atoms with van der Waals surface area (Å²) in [6.45, 7) is 5.96. The van der Waals surface area contributed by atoms with Crippen LogP contribution in [0.5, 0.6) is 0 Å². The maximum Gasteiger partial charge on any atom is 0.180 e. The number of carbonyl (C=O) groups excluding carboxylic acids is 1. The zero-order valence-corrected chi connectivity index (χ0v) is 13.7. The van der Waals surface area contributed by atoms with Gasteiger partial charge in [0.25, 0.3) is 0 Å². The molecule has 4 atom stereocenters. The predicted molar refractivity (Wildman–Crippen MR) is 84.4 cm³/mol. The molecule has 1 aromatic carbocycles. The molecule has 1 fully saturated rings. The lowest BCUT2D eigenvalue weighted by Gasteiger charge is -2.21. The van der Waals surface area contributed by atoms with Crippen LogP contribution in [0.4, 0.5) is 5.69 Å². The van der Waals surface area contributed by atoms with E-state index < -0.39 is 24.2 Å². The van der Waals surface area contributed by atoms with Crippen LogP contribution in [0.1, 0.15) is 29.5 Å². The van der Waals surface area contributed by atoms with E-state index in [1.165, 1.54) is 18.4 Å². The Morgan fingerprint density at radius 3 is 2.70 bits per heavy atom. The van der Waals surface area contributed by atoms with Gasteiger partial charge in [-0.25, -0.2) is 9.78 Å². The summed E-state index contributed by atoms with van der Waals surface area (Å²) in [6, 6.07) is 4.06. The van der Waals surface area contributed by atoms with E-state index >= 15 is 0 Å². The van der Waals surface area contributed by atoms with Crippen molar-refractivity contribution in [1.29, 1.82) is 0 Å². The summed E-state index contributed by atoms with van der Waals surface area (Å²) in [4.78, 5) is 24.2. The Morgan fingerprint density at radius 2 is 2.04 bits per heavy atom. The molecule has 0 bridgehead atoms. The van der Waals surface area contributed by atoms with Gasteiger partial charge in [0.1, 0.15) is 6.10 Å². The van der Waals surface area contributed by atoms with Crippen LogP contribution in [0, 0.1) is 6.92 Å². The SMILES string of the molecule is CCN1CCc2cc(C3C(=O)C(OOC)C(O)C3O)c(C)cc21. The van der Waals surface area contributed by atoms with E-state index in [0.717, 1.165) is 30.6 Å². The van der Waals surface area contributed by atoms with Crippen molar-refractivity contribution in [2.24, 2.45) is 0 Å². The average molecular weight is 321 g/mol. The minimum atomic E-state index is -1.28. The van der Waals surface area contributed by atoms with Crippen molar-refractivity contribution in [3.05, 3.63) is 28.8 Å². The summed E-state index contributed by atoms with van der Waals surface area (Å²) in [7, 11) is 1.28. The zero-order chi connectivity index (χ0) is 16.7. The predicted octanol–water partition coefficient (Wildman–Crippen LogP) is 0.712. The van der Waals surface area contributed by atoms with E-state index in [9.17, 15) is 15.0 Å². The third-order valence-corrected chi connectivity index (χ3v) is 4.96. The Balaban J connectivity index is 1.98. The first-order valence-electron chi connectivity index (χ1n) is 7.97. The van der Waals surface area contributed by atoms with Gasteiger partial charge in [-0.1, -0.05) is 6.07 Å². The number of anilines is 1. The van der Waals surface area contributed by atoms with Gasteiger partial charge in [0.05, 0.1) is 19.1 Å². The average Bonchev–Trinajstić information content (AvgIpc) is 3.01. The molecular weight excluding hydrogens is 298 g/mol. The summed E-state index contributed by atoms with van der Waals surface area (Å²) in [6.07, 6.45) is -2.70. The molecule has 1 aromatic rings. The van der Waals surface area contributed by atoms with Gasteiger partial charge in [-0.3, -0.25) is 4.79 Å². The normalized spacial score (nSPS) is 30.1. The molecule has 0 spiro atoms. The zero-order valence-electron chi connectivity index (χ0n) is 13.7. The van der Waals surface area contributed by atoms with Crippen molar-refractivity contribution in [1.82, 2.24) is 0 Å². The first-order valence-corrected chi connectivity index (χ1v) is 7.97. The molecular formula is C17H23NO5. The Kier molecular flexibility index (Phi) is 4.42. The molecule has 2 aliphatic rings. The first-order chi connectivity index (χ1) is 11.0. The highest BCUT2D eigenvalue weighted by molar-refractivity contribution is 5.94. The van der Waals surface area contributed by atoms with Crippen LogP contribution in [0.2, 0.25) is 0 Å². The largest absolute Gasteiger partial charge is 0.389 e. The molecule has 2 N–H and O–H groups in total. The van der Waals surface area contributed by atoms with Crippen LogP contribution in [-0.2, 0) is 21.0 Å². The third kappa shape index (κ3) is 2.55. The number of rotatable bonds is 4. The Morgan fingerprint density at radius 1 is 1.30 bits per heavy atom. The summed E-state index contributed by atoms with van der Waals surface area (Å²) >= 11 is 0. The van der Waals surface area contributed by atoms with E-state index in [-0.39, 0.29) is 5.78 Å². The lowest BCUT2D eigenvalue weighted by molar-refractivity contribution is -0.309. The number of ketones is 1. The highest BCUT2D eigenvalue weighted by Gasteiger charge is 2.51. The molecule has 23 heavy (non-hydrogen) atoms. The van der Waals surface area contributed by atoms with Gasteiger partial charge in [0.2, 0.25) is 0 Å². The first kappa shape index (κ1) is 16.4. The quantitative estimate of drug-likeness (QED) is 0.628. The second-order valence-corrected chi connectivity index (χ2v) is 6.21. The Hall–Kier alpha value is -1.47. The molecule has 1 saturated carbocycles. The van der Waals surface area contributed by atoms with Gasteiger partial charge in [0, 0.05) is 18.8 Å². The number of benzene rings is 1. The van der Waals surface area contributed by atoms with E-state index in [1.54, 1.807) is 0 Å². The van der Waals surface area contributed by atoms with Gasteiger partial charge >= 0.3 is 0 Å². The summed E-state index contributed by atoms with van der Waals surface area (Å²) in [5.74, 6) is -1.13. The standard InChI is InChI=1S/C17H23NO5/c1-4-18-6-5-10-8-11(9(2)7-12(10)18)13-14(19)16(21)17(15(13)20)23-22-3/h7-8,13-14,16-17,19,21H,4-6H2,1-3H3. The molecule has 1 aliphatic carbocycles. The third-order valence-electron chi connectivity index (χ3n) is 4.96. The second kappa shape index (κ2) is 6.20. The van der Waals surface area contributed by atoms with Crippen molar-refractivity contribution < 1.29 is 24.8 Å². The van der Waals surface area contributed by atoms with Gasteiger partial charge in [-0.2, -0.15) is 0 Å². The van der Waals surface area contributed by atoms with Crippen LogP contribution >= 0.6 is 0 Å². The number of aliphatic hydroxyl groups is 2. The molecule has 126 valence electrons. The van der Waals surface area contributed by atoms with Crippen LogP contribution in [0.3, 0.4) is 0 Å². The van der Waals surface area contributed by atoms with Gasteiger partial charge in [-0.05, 0) is 43.0 Å². The molecule has 0 saturated heterocycles. The van der Waals surface area contributed by atoms with E-state index in [1.807, 2.05) is 13.0 Å². The Labute approximate surface area is 135 Å². The highest BCUT2D eigenvalue weighted by Crippen LogP contribution is 2.39. The van der Waals surface area contributed by atoms with Crippen LogP contribution < -0.4 is 4.90 Å². The van der Waals surface area contributed by atoms with Crippen LogP contribution in [0.25, 0.3) is 0 Å². The second-order valence-electron chi connectivity index (χ2n) is 6.21. The van der Waals surface area contributed by atoms with E-state index in [4.69, 9.17) is 4.89 Å². The molecule has 3 rings (SSSR count). The lowest BCUT2D eigenvalue weighted by Crippen LogP contribution is -2.33. The molecule has 6 nitrogen and oxygen atoms in total. The van der Waals surface area contributed by atoms with Crippen LogP contribution in [-0.4, -0.2) is 54.5 Å². The number of aliphatic hydroxyl groups excluding tert-OH is 2. The fraction of sp³-hybridized carbons (Fsp3) is 0.588. The number of aryl methyl sites for hydroxylation is 1. The molecule has 0 amide bonds. The number of Topliss-reactive ketones (excluding diaryl/α,β-unsaturated/α-hetero) is 1. The number of hydrogen-bond donors (Lipinski definition) is 2. The fourth-order valence-corrected chi connectivity index (χ4v) is 3.73. The van der Waals surface area contributed by atoms with Crippen LogP contribution in [0.15, 0.2) is 12.1 Å². The number of fused-ring (bicyclic) bond motifs is 1. The minimum absolute atomic E-state index is 0.347. The molecule has 6 heteroatoms. The van der Waals surface area contributed by atoms with Crippen molar-refractivity contribution in [2.75, 3.05) is 25.1 Å². The van der Waals surface area contributed by atoms with Gasteiger partial charge in [-0.15, -0.1) is 0 Å². The molecule has 1 aliphatic heterocycles.